The number of carbonyl (C=O) groups is 1. The molecule has 1 N–H and O–H groups in total. The molecule has 0 atom stereocenters. The average molecular weight is 451 g/mol. The smallest absolute Gasteiger partial charge is 0.226 e. The summed E-state index contributed by atoms with van der Waals surface area (Å²) < 4.78 is 11.6. The van der Waals surface area contributed by atoms with E-state index >= 15 is 0 Å². The molecule has 1 aromatic carbocycles. The van der Waals surface area contributed by atoms with E-state index in [9.17, 15) is 4.79 Å². The summed E-state index contributed by atoms with van der Waals surface area (Å²) in [4.78, 5) is 19.1. The Morgan fingerprint density at radius 3 is 2.71 bits per heavy atom. The van der Waals surface area contributed by atoms with Gasteiger partial charge in [0.2, 0.25) is 11.8 Å². The first-order valence-electron chi connectivity index (χ1n) is 9.58. The number of rotatable bonds is 6. The van der Waals surface area contributed by atoms with Crippen LogP contribution in [-0.4, -0.2) is 42.4 Å². The number of nitrogens with zero attached hydrogens (tertiary/aromatic N) is 3. The van der Waals surface area contributed by atoms with E-state index in [0.717, 1.165) is 28.9 Å². The van der Waals surface area contributed by atoms with E-state index in [1.54, 1.807) is 0 Å². The van der Waals surface area contributed by atoms with E-state index in [-0.39, 0.29) is 11.3 Å². The number of morpholine rings is 1. The standard InChI is InChI=1S/C20H27BrN4O3/c1-20(2,3)19-23-18(28-24-19)6-4-5-17(26)22-15-13-14(21)7-8-16(15)25-9-11-27-12-10-25/h7-8,13H,4-6,9-12H2,1-3H3,(H,22,26). The third-order valence-electron chi connectivity index (χ3n) is 4.52. The molecule has 0 radical (unpaired) electrons. The Balaban J connectivity index is 1.56. The van der Waals surface area contributed by atoms with Crippen LogP contribution in [0.4, 0.5) is 11.4 Å². The van der Waals surface area contributed by atoms with E-state index in [1.165, 1.54) is 0 Å². The van der Waals surface area contributed by atoms with Gasteiger partial charge in [-0.2, -0.15) is 4.98 Å². The highest BCUT2D eigenvalue weighted by atomic mass is 79.9. The lowest BCUT2D eigenvalue weighted by atomic mass is 9.96. The summed E-state index contributed by atoms with van der Waals surface area (Å²) in [7, 11) is 0. The lowest BCUT2D eigenvalue weighted by molar-refractivity contribution is -0.116. The summed E-state index contributed by atoms with van der Waals surface area (Å²) in [5, 5.41) is 7.06. The van der Waals surface area contributed by atoms with Crippen molar-refractivity contribution in [2.45, 2.75) is 45.4 Å². The zero-order valence-corrected chi connectivity index (χ0v) is 18.2. The number of halogens is 1. The quantitative estimate of drug-likeness (QED) is 0.717. The van der Waals surface area contributed by atoms with Crippen LogP contribution in [0.15, 0.2) is 27.2 Å². The monoisotopic (exact) mass is 450 g/mol. The van der Waals surface area contributed by atoms with Crippen LogP contribution in [0.25, 0.3) is 0 Å². The Kier molecular flexibility index (Phi) is 6.72. The van der Waals surface area contributed by atoms with Gasteiger partial charge >= 0.3 is 0 Å². The van der Waals surface area contributed by atoms with Crippen molar-refractivity contribution in [3.63, 3.8) is 0 Å². The largest absolute Gasteiger partial charge is 0.378 e. The van der Waals surface area contributed by atoms with Gasteiger partial charge in [-0.1, -0.05) is 41.9 Å². The number of aryl methyl sites for hydroxylation is 1. The van der Waals surface area contributed by atoms with Crippen LogP contribution in [0.1, 0.15) is 45.3 Å². The van der Waals surface area contributed by atoms with Crippen LogP contribution < -0.4 is 10.2 Å². The van der Waals surface area contributed by atoms with Gasteiger partial charge in [-0.25, -0.2) is 0 Å². The van der Waals surface area contributed by atoms with Gasteiger partial charge in [0.25, 0.3) is 0 Å². The molecule has 1 aliphatic heterocycles. The summed E-state index contributed by atoms with van der Waals surface area (Å²) in [6.45, 7) is 9.15. The molecule has 3 rings (SSSR count). The van der Waals surface area contributed by atoms with Crippen molar-refractivity contribution in [2.24, 2.45) is 0 Å². The lowest BCUT2D eigenvalue weighted by Crippen LogP contribution is -2.36. The molecule has 8 heteroatoms. The first-order chi connectivity index (χ1) is 13.3. The van der Waals surface area contributed by atoms with Gasteiger partial charge in [0.1, 0.15) is 0 Å². The molecule has 152 valence electrons. The van der Waals surface area contributed by atoms with Crippen LogP contribution >= 0.6 is 15.9 Å². The van der Waals surface area contributed by atoms with Crippen molar-refractivity contribution >= 4 is 33.2 Å². The number of hydrogen-bond donors (Lipinski definition) is 1. The SMILES string of the molecule is CC(C)(C)c1noc(CCCC(=O)Nc2cc(Br)ccc2N2CCOCC2)n1. The molecule has 7 nitrogen and oxygen atoms in total. The van der Waals surface area contributed by atoms with Gasteiger partial charge in [0, 0.05) is 35.8 Å². The van der Waals surface area contributed by atoms with Crippen molar-refractivity contribution in [3.8, 4) is 0 Å². The number of amides is 1. The normalized spacial score (nSPS) is 14.9. The minimum absolute atomic E-state index is 0.0248. The van der Waals surface area contributed by atoms with Gasteiger partial charge in [0.15, 0.2) is 5.82 Å². The van der Waals surface area contributed by atoms with Crippen molar-refractivity contribution in [2.75, 3.05) is 36.5 Å². The van der Waals surface area contributed by atoms with E-state index in [4.69, 9.17) is 9.26 Å². The molecule has 1 amide bonds. The first kappa shape index (κ1) is 20.8. The molecule has 2 heterocycles. The molecule has 1 aliphatic rings. The Labute approximate surface area is 173 Å². The molecule has 1 aromatic heterocycles. The second-order valence-electron chi connectivity index (χ2n) is 7.92. The fourth-order valence-electron chi connectivity index (χ4n) is 2.96. The molecule has 0 unspecified atom stereocenters. The summed E-state index contributed by atoms with van der Waals surface area (Å²) in [6, 6.07) is 5.95. The highest BCUT2D eigenvalue weighted by molar-refractivity contribution is 9.10. The maximum absolute atomic E-state index is 12.5. The van der Waals surface area contributed by atoms with Gasteiger partial charge in [-0.05, 0) is 24.6 Å². The maximum atomic E-state index is 12.5. The second-order valence-corrected chi connectivity index (χ2v) is 8.84. The van der Waals surface area contributed by atoms with Gasteiger partial charge in [0.05, 0.1) is 24.6 Å². The molecule has 28 heavy (non-hydrogen) atoms. The molecular weight excluding hydrogens is 424 g/mol. The zero-order chi connectivity index (χ0) is 20.1. The second kappa shape index (κ2) is 9.05. The van der Waals surface area contributed by atoms with Crippen LogP contribution in [0, 0.1) is 0 Å². The minimum Gasteiger partial charge on any atom is -0.378 e. The predicted octanol–water partition coefficient (Wildman–Crippen LogP) is 3.93. The van der Waals surface area contributed by atoms with Gasteiger partial charge in [-0.15, -0.1) is 0 Å². The van der Waals surface area contributed by atoms with E-state index in [1.807, 2.05) is 39.0 Å². The number of nitrogens with one attached hydrogen (secondary N) is 1. The Bertz CT molecular complexity index is 810. The molecule has 1 fully saturated rings. The fraction of sp³-hybridized carbons (Fsp3) is 0.550. The van der Waals surface area contributed by atoms with Crippen LogP contribution in [-0.2, 0) is 21.4 Å². The van der Waals surface area contributed by atoms with Crippen molar-refractivity contribution in [1.82, 2.24) is 10.1 Å². The summed E-state index contributed by atoms with van der Waals surface area (Å²) in [5.74, 6) is 1.24. The number of benzene rings is 1. The van der Waals surface area contributed by atoms with E-state index in [0.29, 0.717) is 44.2 Å². The van der Waals surface area contributed by atoms with Crippen molar-refractivity contribution in [1.29, 1.82) is 0 Å². The molecule has 2 aromatic rings. The Morgan fingerprint density at radius 2 is 2.04 bits per heavy atom. The minimum atomic E-state index is -0.143. The van der Waals surface area contributed by atoms with E-state index < -0.39 is 0 Å². The van der Waals surface area contributed by atoms with Crippen molar-refractivity contribution in [3.05, 3.63) is 34.4 Å². The van der Waals surface area contributed by atoms with Gasteiger partial charge < -0.3 is 19.5 Å². The van der Waals surface area contributed by atoms with E-state index in [2.05, 4.69) is 36.3 Å². The topological polar surface area (TPSA) is 80.5 Å². The maximum Gasteiger partial charge on any atom is 0.226 e. The molecule has 1 saturated heterocycles. The lowest BCUT2D eigenvalue weighted by Gasteiger charge is -2.30. The number of anilines is 2. The number of carbonyl (C=O) groups excluding carboxylic acids is 1. The Morgan fingerprint density at radius 1 is 1.29 bits per heavy atom. The third kappa shape index (κ3) is 5.54. The molecule has 0 saturated carbocycles. The average Bonchev–Trinajstić information content (AvgIpc) is 3.12. The first-order valence-corrected chi connectivity index (χ1v) is 10.4. The highest BCUT2D eigenvalue weighted by Crippen LogP contribution is 2.30. The molecule has 0 spiro atoms. The summed E-state index contributed by atoms with van der Waals surface area (Å²) in [5.41, 5.74) is 1.69. The van der Waals surface area contributed by atoms with Crippen LogP contribution in [0.5, 0.6) is 0 Å². The van der Waals surface area contributed by atoms with Crippen LogP contribution in [0.3, 0.4) is 0 Å². The summed E-state index contributed by atoms with van der Waals surface area (Å²) in [6.07, 6.45) is 1.63. The van der Waals surface area contributed by atoms with Crippen LogP contribution in [0.2, 0.25) is 0 Å². The highest BCUT2D eigenvalue weighted by Gasteiger charge is 2.21. The summed E-state index contributed by atoms with van der Waals surface area (Å²) >= 11 is 3.49. The molecular formula is C20H27BrN4O3. The fourth-order valence-corrected chi connectivity index (χ4v) is 3.32. The Hall–Kier alpha value is -1.93. The number of hydrogen-bond acceptors (Lipinski definition) is 6. The number of aromatic nitrogens is 2. The van der Waals surface area contributed by atoms with Crippen molar-refractivity contribution < 1.29 is 14.1 Å². The predicted molar refractivity (Wildman–Crippen MR) is 112 cm³/mol. The number of ether oxygens (including phenoxy) is 1. The molecule has 0 aliphatic carbocycles. The third-order valence-corrected chi connectivity index (χ3v) is 5.01. The molecule has 0 bridgehead atoms. The zero-order valence-electron chi connectivity index (χ0n) is 16.6. The van der Waals surface area contributed by atoms with Gasteiger partial charge in [-0.3, -0.25) is 4.79 Å².